The molecule has 0 amide bonds. The smallest absolute Gasteiger partial charge is 0.0595 e. The molecule has 106 valence electrons. The first-order valence-electron chi connectivity index (χ1n) is 6.97. The molecule has 1 heterocycles. The molecule has 2 atom stereocenters. The molecule has 2 rings (SSSR count). The normalized spacial score (nSPS) is 21.8. The molecule has 1 saturated heterocycles. The minimum Gasteiger partial charge on any atom is -0.310 e. The molecular weight excluding hydrogens is 279 g/mol. The largest absolute Gasteiger partial charge is 0.310 e. The van der Waals surface area contributed by atoms with Crippen molar-refractivity contribution in [3.63, 3.8) is 0 Å². The van der Waals surface area contributed by atoms with E-state index in [1.807, 2.05) is 12.1 Å². The van der Waals surface area contributed by atoms with Gasteiger partial charge in [0.15, 0.2) is 0 Å². The van der Waals surface area contributed by atoms with E-state index in [2.05, 4.69) is 30.3 Å². The Morgan fingerprint density at radius 2 is 2.16 bits per heavy atom. The molecule has 0 saturated carbocycles. The first kappa shape index (κ1) is 15.1. The van der Waals surface area contributed by atoms with Gasteiger partial charge in [0.1, 0.15) is 0 Å². The van der Waals surface area contributed by atoms with Gasteiger partial charge in [0, 0.05) is 12.6 Å². The first-order chi connectivity index (χ1) is 9.10. The number of halogens is 2. The Morgan fingerprint density at radius 3 is 2.74 bits per heavy atom. The monoisotopic (exact) mass is 300 g/mol. The Bertz CT molecular complexity index is 423. The van der Waals surface area contributed by atoms with Gasteiger partial charge in [-0.2, -0.15) is 0 Å². The molecule has 19 heavy (non-hydrogen) atoms. The van der Waals surface area contributed by atoms with Gasteiger partial charge in [-0.1, -0.05) is 36.2 Å². The van der Waals surface area contributed by atoms with Gasteiger partial charge in [0.05, 0.1) is 10.0 Å². The Morgan fingerprint density at radius 1 is 1.37 bits per heavy atom. The lowest BCUT2D eigenvalue weighted by Crippen LogP contribution is -2.28. The molecule has 1 aromatic carbocycles. The van der Waals surface area contributed by atoms with E-state index < -0.39 is 0 Å². The fourth-order valence-corrected chi connectivity index (χ4v) is 3.04. The average molecular weight is 301 g/mol. The highest BCUT2D eigenvalue weighted by molar-refractivity contribution is 6.42. The van der Waals surface area contributed by atoms with E-state index in [1.54, 1.807) is 0 Å². The Balaban J connectivity index is 1.93. The predicted molar refractivity (Wildman–Crippen MR) is 83.1 cm³/mol. The van der Waals surface area contributed by atoms with Crippen LogP contribution in [0.3, 0.4) is 0 Å². The SMILES string of the molecule is CCC(NCC1CCN(C)C1)c1ccc(Cl)c(Cl)c1. The van der Waals surface area contributed by atoms with E-state index in [0.717, 1.165) is 18.9 Å². The minimum absolute atomic E-state index is 0.362. The zero-order valence-electron chi connectivity index (χ0n) is 11.6. The average Bonchev–Trinajstić information content (AvgIpc) is 2.80. The van der Waals surface area contributed by atoms with Crippen molar-refractivity contribution in [2.24, 2.45) is 5.92 Å². The van der Waals surface area contributed by atoms with Crippen LogP contribution in [-0.2, 0) is 0 Å². The summed E-state index contributed by atoms with van der Waals surface area (Å²) in [5.41, 5.74) is 1.23. The highest BCUT2D eigenvalue weighted by Gasteiger charge is 2.20. The second-order valence-corrected chi connectivity index (χ2v) is 6.27. The Kier molecular flexibility index (Phi) is 5.52. The predicted octanol–water partition coefficient (Wildman–Crippen LogP) is 3.99. The van der Waals surface area contributed by atoms with Gasteiger partial charge in [0.25, 0.3) is 0 Å². The molecule has 1 aromatic rings. The topological polar surface area (TPSA) is 15.3 Å². The van der Waals surface area contributed by atoms with Crippen LogP contribution in [0.25, 0.3) is 0 Å². The van der Waals surface area contributed by atoms with Crippen LogP contribution in [-0.4, -0.2) is 31.6 Å². The van der Waals surface area contributed by atoms with Gasteiger partial charge in [-0.05, 0) is 56.6 Å². The van der Waals surface area contributed by atoms with Crippen molar-refractivity contribution in [3.05, 3.63) is 33.8 Å². The molecule has 1 fully saturated rings. The van der Waals surface area contributed by atoms with Gasteiger partial charge < -0.3 is 10.2 Å². The van der Waals surface area contributed by atoms with Crippen LogP contribution in [0.15, 0.2) is 18.2 Å². The third-order valence-corrected chi connectivity index (χ3v) is 4.64. The quantitative estimate of drug-likeness (QED) is 0.885. The fraction of sp³-hybridized carbons (Fsp3) is 0.600. The van der Waals surface area contributed by atoms with Crippen LogP contribution < -0.4 is 5.32 Å². The summed E-state index contributed by atoms with van der Waals surface area (Å²) in [5.74, 6) is 0.766. The van der Waals surface area contributed by atoms with Crippen molar-refractivity contribution < 1.29 is 0 Å². The first-order valence-corrected chi connectivity index (χ1v) is 7.72. The molecule has 1 aliphatic rings. The molecule has 1 aliphatic heterocycles. The fourth-order valence-electron chi connectivity index (χ4n) is 2.73. The highest BCUT2D eigenvalue weighted by atomic mass is 35.5. The van der Waals surface area contributed by atoms with Crippen LogP contribution in [0.4, 0.5) is 0 Å². The standard InChI is InChI=1S/C15H22Cl2N2/c1-3-15(12-4-5-13(16)14(17)8-12)18-9-11-6-7-19(2)10-11/h4-5,8,11,15,18H,3,6-7,9-10H2,1-2H3. The number of hydrogen-bond donors (Lipinski definition) is 1. The number of hydrogen-bond acceptors (Lipinski definition) is 2. The van der Waals surface area contributed by atoms with Crippen molar-refractivity contribution in [1.82, 2.24) is 10.2 Å². The lowest BCUT2D eigenvalue weighted by molar-refractivity contribution is 0.377. The van der Waals surface area contributed by atoms with E-state index in [-0.39, 0.29) is 0 Å². The summed E-state index contributed by atoms with van der Waals surface area (Å²) in [6.07, 6.45) is 2.35. The third-order valence-electron chi connectivity index (χ3n) is 3.90. The number of nitrogens with zero attached hydrogens (tertiary/aromatic N) is 1. The number of likely N-dealkylation sites (tertiary alicyclic amines) is 1. The lowest BCUT2D eigenvalue weighted by atomic mass is 10.0. The molecule has 0 aliphatic carbocycles. The summed E-state index contributed by atoms with van der Waals surface area (Å²) in [7, 11) is 2.19. The molecule has 0 bridgehead atoms. The van der Waals surface area contributed by atoms with Crippen molar-refractivity contribution in [2.75, 3.05) is 26.7 Å². The molecule has 1 N–H and O–H groups in total. The van der Waals surface area contributed by atoms with E-state index in [4.69, 9.17) is 23.2 Å². The Hall–Kier alpha value is -0.280. The molecule has 2 nitrogen and oxygen atoms in total. The molecule has 0 radical (unpaired) electrons. The number of benzene rings is 1. The van der Waals surface area contributed by atoms with E-state index in [1.165, 1.54) is 25.1 Å². The summed E-state index contributed by atoms with van der Waals surface area (Å²) >= 11 is 12.1. The Labute approximate surface area is 126 Å². The van der Waals surface area contributed by atoms with Crippen molar-refractivity contribution in [1.29, 1.82) is 0 Å². The molecular formula is C15H22Cl2N2. The van der Waals surface area contributed by atoms with Crippen LogP contribution in [0, 0.1) is 5.92 Å². The summed E-state index contributed by atoms with van der Waals surface area (Å²) in [5, 5.41) is 4.93. The molecule has 0 spiro atoms. The summed E-state index contributed by atoms with van der Waals surface area (Å²) in [4.78, 5) is 2.40. The molecule has 2 unspecified atom stereocenters. The van der Waals surface area contributed by atoms with Crippen LogP contribution in [0.5, 0.6) is 0 Å². The van der Waals surface area contributed by atoms with E-state index in [9.17, 15) is 0 Å². The molecule has 0 aromatic heterocycles. The second kappa shape index (κ2) is 6.94. The van der Waals surface area contributed by atoms with Gasteiger partial charge in [-0.3, -0.25) is 0 Å². The lowest BCUT2D eigenvalue weighted by Gasteiger charge is -2.20. The van der Waals surface area contributed by atoms with E-state index in [0.29, 0.717) is 16.1 Å². The van der Waals surface area contributed by atoms with Gasteiger partial charge in [0.2, 0.25) is 0 Å². The zero-order valence-corrected chi connectivity index (χ0v) is 13.1. The number of rotatable bonds is 5. The van der Waals surface area contributed by atoms with Crippen molar-refractivity contribution in [2.45, 2.75) is 25.8 Å². The van der Waals surface area contributed by atoms with E-state index >= 15 is 0 Å². The summed E-state index contributed by atoms with van der Waals surface area (Å²) in [6.45, 7) is 5.69. The van der Waals surface area contributed by atoms with Gasteiger partial charge in [-0.25, -0.2) is 0 Å². The van der Waals surface area contributed by atoms with Crippen molar-refractivity contribution >= 4 is 23.2 Å². The number of nitrogens with one attached hydrogen (secondary N) is 1. The molecule has 4 heteroatoms. The van der Waals surface area contributed by atoms with Crippen LogP contribution >= 0.6 is 23.2 Å². The second-order valence-electron chi connectivity index (χ2n) is 5.46. The van der Waals surface area contributed by atoms with Crippen LogP contribution in [0.2, 0.25) is 10.0 Å². The maximum Gasteiger partial charge on any atom is 0.0595 e. The zero-order chi connectivity index (χ0) is 13.8. The summed E-state index contributed by atoms with van der Waals surface area (Å²) < 4.78 is 0. The minimum atomic E-state index is 0.362. The van der Waals surface area contributed by atoms with Gasteiger partial charge >= 0.3 is 0 Å². The van der Waals surface area contributed by atoms with Gasteiger partial charge in [-0.15, -0.1) is 0 Å². The highest BCUT2D eigenvalue weighted by Crippen LogP contribution is 2.27. The summed E-state index contributed by atoms with van der Waals surface area (Å²) in [6, 6.07) is 6.29. The maximum atomic E-state index is 6.09. The maximum absolute atomic E-state index is 6.09. The third kappa shape index (κ3) is 4.09. The van der Waals surface area contributed by atoms with Crippen LogP contribution in [0.1, 0.15) is 31.4 Å². The van der Waals surface area contributed by atoms with Crippen molar-refractivity contribution in [3.8, 4) is 0 Å².